The fraction of sp³-hybridized carbons (Fsp3) is 0.632. The Morgan fingerprint density at radius 2 is 1.77 bits per heavy atom. The molecule has 1 saturated heterocycles. The highest BCUT2D eigenvalue weighted by molar-refractivity contribution is 5.94. The molecule has 3 rings (SSSR count). The Kier molecular flexibility index (Phi) is 5.14. The lowest BCUT2D eigenvalue weighted by Gasteiger charge is -2.30. The molecule has 0 spiro atoms. The Labute approximate surface area is 133 Å². The molecule has 1 aromatic rings. The molecule has 120 valence electrons. The van der Waals surface area contributed by atoms with Gasteiger partial charge < -0.3 is 10.6 Å². The molecule has 0 aromatic heterocycles. The van der Waals surface area contributed by atoms with Crippen LogP contribution in [0.25, 0.3) is 0 Å². The van der Waals surface area contributed by atoms with Gasteiger partial charge >= 0.3 is 0 Å². The van der Waals surface area contributed by atoms with Gasteiger partial charge in [0, 0.05) is 24.7 Å². The summed E-state index contributed by atoms with van der Waals surface area (Å²) in [7, 11) is 0. The second-order valence-corrected chi connectivity index (χ2v) is 6.94. The second-order valence-electron chi connectivity index (χ2n) is 6.94. The number of nitrogens with zero attached hydrogens (tertiary/aromatic N) is 1. The highest BCUT2D eigenvalue weighted by Crippen LogP contribution is 2.32. The molecule has 1 aliphatic heterocycles. The summed E-state index contributed by atoms with van der Waals surface area (Å²) in [6.45, 7) is 1.46. The number of rotatable bonds is 4. The van der Waals surface area contributed by atoms with Crippen LogP contribution in [0.5, 0.6) is 0 Å². The number of hydrogen-bond donors (Lipinski definition) is 1. The molecule has 3 heteroatoms. The Morgan fingerprint density at radius 3 is 2.45 bits per heavy atom. The normalized spacial score (nSPS) is 23.0. The largest absolute Gasteiger partial charge is 0.336 e. The van der Waals surface area contributed by atoms with E-state index < -0.39 is 0 Å². The van der Waals surface area contributed by atoms with Crippen molar-refractivity contribution in [2.24, 2.45) is 11.7 Å². The molecule has 0 radical (unpaired) electrons. The highest BCUT2D eigenvalue weighted by atomic mass is 16.2. The lowest BCUT2D eigenvalue weighted by atomic mass is 9.84. The van der Waals surface area contributed by atoms with E-state index in [-0.39, 0.29) is 5.91 Å². The van der Waals surface area contributed by atoms with Crippen LogP contribution in [0.3, 0.4) is 0 Å². The quantitative estimate of drug-likeness (QED) is 0.921. The van der Waals surface area contributed by atoms with Crippen molar-refractivity contribution in [2.75, 3.05) is 6.54 Å². The molecule has 0 bridgehead atoms. The fourth-order valence-electron chi connectivity index (χ4n) is 4.10. The van der Waals surface area contributed by atoms with E-state index in [0.29, 0.717) is 12.6 Å². The highest BCUT2D eigenvalue weighted by Gasteiger charge is 2.31. The van der Waals surface area contributed by atoms with E-state index in [1.54, 1.807) is 0 Å². The first kappa shape index (κ1) is 15.5. The molecule has 1 heterocycles. The van der Waals surface area contributed by atoms with Crippen molar-refractivity contribution in [3.05, 3.63) is 35.4 Å². The maximum absolute atomic E-state index is 12.8. The number of carbonyl (C=O) groups is 1. The molecule has 1 aromatic carbocycles. The molecule has 3 nitrogen and oxygen atoms in total. The van der Waals surface area contributed by atoms with Crippen LogP contribution >= 0.6 is 0 Å². The molecule has 1 unspecified atom stereocenters. The number of benzene rings is 1. The topological polar surface area (TPSA) is 46.3 Å². The van der Waals surface area contributed by atoms with Crippen LogP contribution in [0.1, 0.15) is 67.3 Å². The first-order valence-corrected chi connectivity index (χ1v) is 8.88. The van der Waals surface area contributed by atoms with Crippen molar-refractivity contribution in [1.82, 2.24) is 4.90 Å². The van der Waals surface area contributed by atoms with Crippen LogP contribution in [0.15, 0.2) is 24.3 Å². The molecule has 1 aliphatic carbocycles. The van der Waals surface area contributed by atoms with Gasteiger partial charge in [0.05, 0.1) is 0 Å². The van der Waals surface area contributed by atoms with Crippen molar-refractivity contribution in [3.63, 3.8) is 0 Å². The van der Waals surface area contributed by atoms with Gasteiger partial charge in [0.2, 0.25) is 0 Å². The van der Waals surface area contributed by atoms with E-state index >= 15 is 0 Å². The molecule has 1 amide bonds. The van der Waals surface area contributed by atoms with Crippen LogP contribution in [0.4, 0.5) is 0 Å². The molecule has 2 aliphatic rings. The molecule has 22 heavy (non-hydrogen) atoms. The molecular weight excluding hydrogens is 272 g/mol. The summed E-state index contributed by atoms with van der Waals surface area (Å²) in [4.78, 5) is 14.9. The zero-order valence-corrected chi connectivity index (χ0v) is 13.5. The maximum atomic E-state index is 12.8. The van der Waals surface area contributed by atoms with Gasteiger partial charge in [-0.3, -0.25) is 4.79 Å². The molecule has 1 saturated carbocycles. The van der Waals surface area contributed by atoms with Gasteiger partial charge in [0.1, 0.15) is 0 Å². The van der Waals surface area contributed by atoms with Crippen LogP contribution in [0, 0.1) is 5.92 Å². The van der Waals surface area contributed by atoms with Crippen molar-refractivity contribution in [3.8, 4) is 0 Å². The third-order valence-electron chi connectivity index (χ3n) is 5.40. The van der Waals surface area contributed by atoms with Gasteiger partial charge in [0.15, 0.2) is 0 Å². The van der Waals surface area contributed by atoms with E-state index in [0.717, 1.165) is 30.0 Å². The Hall–Kier alpha value is -1.35. The number of amides is 1. The SMILES string of the molecule is NCc1ccc(C(=O)N2CCCC2CC2CCCCC2)cc1. The van der Waals surface area contributed by atoms with Crippen molar-refractivity contribution < 1.29 is 4.79 Å². The minimum atomic E-state index is 0.210. The van der Waals surface area contributed by atoms with Gasteiger partial charge in [-0.25, -0.2) is 0 Å². The van der Waals surface area contributed by atoms with Crippen LogP contribution in [-0.2, 0) is 6.54 Å². The number of likely N-dealkylation sites (tertiary alicyclic amines) is 1. The van der Waals surface area contributed by atoms with Gasteiger partial charge in [-0.1, -0.05) is 44.2 Å². The number of carbonyl (C=O) groups excluding carboxylic acids is 1. The standard InChI is InChI=1S/C19H28N2O/c20-14-16-8-10-17(11-9-16)19(22)21-12-4-7-18(21)13-15-5-2-1-3-6-15/h8-11,15,18H,1-7,12-14,20H2. The predicted octanol–water partition coefficient (Wildman–Crippen LogP) is 3.72. The fourth-order valence-corrected chi connectivity index (χ4v) is 4.10. The summed E-state index contributed by atoms with van der Waals surface area (Å²) in [5, 5.41) is 0. The smallest absolute Gasteiger partial charge is 0.254 e. The summed E-state index contributed by atoms with van der Waals surface area (Å²) >= 11 is 0. The third kappa shape index (κ3) is 3.52. The second kappa shape index (κ2) is 7.28. The van der Waals surface area contributed by atoms with Gasteiger partial charge in [0.25, 0.3) is 5.91 Å². The third-order valence-corrected chi connectivity index (χ3v) is 5.40. The lowest BCUT2D eigenvalue weighted by Crippen LogP contribution is -2.37. The van der Waals surface area contributed by atoms with E-state index in [1.807, 2.05) is 24.3 Å². The van der Waals surface area contributed by atoms with E-state index in [2.05, 4.69) is 4.90 Å². The zero-order valence-electron chi connectivity index (χ0n) is 13.5. The first-order chi connectivity index (χ1) is 10.8. The van der Waals surface area contributed by atoms with Crippen LogP contribution in [-0.4, -0.2) is 23.4 Å². The van der Waals surface area contributed by atoms with E-state index in [4.69, 9.17) is 5.73 Å². The van der Waals surface area contributed by atoms with E-state index in [9.17, 15) is 4.79 Å². The minimum Gasteiger partial charge on any atom is -0.336 e. The first-order valence-electron chi connectivity index (χ1n) is 8.88. The summed E-state index contributed by atoms with van der Waals surface area (Å²) in [5.41, 5.74) is 7.52. The Morgan fingerprint density at radius 1 is 1.05 bits per heavy atom. The Balaban J connectivity index is 1.64. The van der Waals surface area contributed by atoms with Crippen molar-refractivity contribution in [2.45, 2.75) is 64.0 Å². The van der Waals surface area contributed by atoms with E-state index in [1.165, 1.54) is 44.9 Å². The number of nitrogens with two attached hydrogens (primary N) is 1. The molecule has 2 N–H and O–H groups in total. The summed E-state index contributed by atoms with van der Waals surface area (Å²) < 4.78 is 0. The van der Waals surface area contributed by atoms with Crippen molar-refractivity contribution >= 4 is 5.91 Å². The number of hydrogen-bond acceptors (Lipinski definition) is 2. The van der Waals surface area contributed by atoms with Gasteiger partial charge in [-0.05, 0) is 42.9 Å². The minimum absolute atomic E-state index is 0.210. The Bertz CT molecular complexity index is 491. The molecular formula is C19H28N2O. The average molecular weight is 300 g/mol. The molecule has 1 atom stereocenters. The maximum Gasteiger partial charge on any atom is 0.254 e. The monoisotopic (exact) mass is 300 g/mol. The van der Waals surface area contributed by atoms with Crippen molar-refractivity contribution in [1.29, 1.82) is 0 Å². The summed E-state index contributed by atoms with van der Waals surface area (Å²) in [6.07, 6.45) is 10.4. The van der Waals surface area contributed by atoms with Gasteiger partial charge in [-0.2, -0.15) is 0 Å². The summed E-state index contributed by atoms with van der Waals surface area (Å²) in [5.74, 6) is 1.05. The predicted molar refractivity (Wildman–Crippen MR) is 89.6 cm³/mol. The average Bonchev–Trinajstić information content (AvgIpc) is 3.03. The molecule has 2 fully saturated rings. The zero-order chi connectivity index (χ0) is 15.4. The van der Waals surface area contributed by atoms with Crippen LogP contribution in [0.2, 0.25) is 0 Å². The van der Waals surface area contributed by atoms with Gasteiger partial charge in [-0.15, -0.1) is 0 Å². The lowest BCUT2D eigenvalue weighted by molar-refractivity contribution is 0.0711. The summed E-state index contributed by atoms with van der Waals surface area (Å²) in [6, 6.07) is 8.27. The van der Waals surface area contributed by atoms with Crippen LogP contribution < -0.4 is 5.73 Å².